The Bertz CT molecular complexity index is 774. The largest absolute Gasteiger partial charge is 0.447 e. The van der Waals surface area contributed by atoms with E-state index in [0.29, 0.717) is 0 Å². The van der Waals surface area contributed by atoms with Gasteiger partial charge < -0.3 is 4.74 Å². The van der Waals surface area contributed by atoms with Crippen LogP contribution < -0.4 is 0 Å². The van der Waals surface area contributed by atoms with E-state index in [4.69, 9.17) is 4.74 Å². The summed E-state index contributed by atoms with van der Waals surface area (Å²) >= 11 is 0. The summed E-state index contributed by atoms with van der Waals surface area (Å²) in [5, 5.41) is 2.19. The highest BCUT2D eigenvalue weighted by Crippen LogP contribution is 2.22. The van der Waals surface area contributed by atoms with Gasteiger partial charge in [0.05, 0.1) is 6.04 Å². The van der Waals surface area contributed by atoms with E-state index in [1.165, 1.54) is 11.0 Å². The first kappa shape index (κ1) is 15.3. The second kappa shape index (κ2) is 6.24. The Morgan fingerprint density at radius 1 is 1.22 bits per heavy atom. The third-order valence-electron chi connectivity index (χ3n) is 4.14. The Morgan fingerprint density at radius 3 is 2.74 bits per heavy atom. The summed E-state index contributed by atoms with van der Waals surface area (Å²) in [6.07, 6.45) is 2.65. The van der Waals surface area contributed by atoms with Crippen molar-refractivity contribution < 1.29 is 14.3 Å². The molecule has 0 saturated carbocycles. The van der Waals surface area contributed by atoms with Crippen molar-refractivity contribution in [2.75, 3.05) is 6.61 Å². The van der Waals surface area contributed by atoms with Crippen molar-refractivity contribution in [2.24, 2.45) is 5.92 Å². The zero-order chi connectivity index (χ0) is 16.4. The van der Waals surface area contributed by atoms with Crippen LogP contribution in [0.5, 0.6) is 0 Å². The molecule has 1 aliphatic heterocycles. The van der Waals surface area contributed by atoms with Gasteiger partial charge >= 0.3 is 6.09 Å². The summed E-state index contributed by atoms with van der Waals surface area (Å²) < 4.78 is 5.02. The van der Waals surface area contributed by atoms with Gasteiger partial charge in [-0.15, -0.1) is 0 Å². The van der Waals surface area contributed by atoms with Crippen molar-refractivity contribution in [3.63, 3.8) is 0 Å². The van der Waals surface area contributed by atoms with Crippen molar-refractivity contribution in [2.45, 2.75) is 19.9 Å². The van der Waals surface area contributed by atoms with Crippen LogP contribution in [0.25, 0.3) is 16.8 Å². The van der Waals surface area contributed by atoms with Crippen molar-refractivity contribution in [3.8, 4) is 0 Å². The summed E-state index contributed by atoms with van der Waals surface area (Å²) in [5.41, 5.74) is 0.949. The van der Waals surface area contributed by atoms with Gasteiger partial charge in [0.15, 0.2) is 0 Å². The molecule has 3 rings (SSSR count). The fourth-order valence-corrected chi connectivity index (χ4v) is 2.82. The summed E-state index contributed by atoms with van der Waals surface area (Å²) in [4.78, 5) is 25.4. The van der Waals surface area contributed by atoms with Crippen LogP contribution in [0.4, 0.5) is 4.79 Å². The van der Waals surface area contributed by atoms with Crippen LogP contribution in [0.2, 0.25) is 0 Å². The number of benzene rings is 2. The molecule has 118 valence electrons. The van der Waals surface area contributed by atoms with Crippen molar-refractivity contribution in [3.05, 3.63) is 54.1 Å². The zero-order valence-corrected chi connectivity index (χ0v) is 13.2. The number of cyclic esters (lactones) is 1. The fraction of sp³-hybridized carbons (Fsp3) is 0.263. The predicted octanol–water partition coefficient (Wildman–Crippen LogP) is 3.86. The number of ether oxygens (including phenoxy) is 1. The smallest absolute Gasteiger partial charge is 0.417 e. The lowest BCUT2D eigenvalue weighted by Crippen LogP contribution is -2.40. The van der Waals surface area contributed by atoms with Gasteiger partial charge in [0, 0.05) is 6.08 Å². The Labute approximate surface area is 135 Å². The minimum absolute atomic E-state index is 0.163. The molecule has 0 aromatic heterocycles. The normalized spacial score (nSPS) is 18.1. The number of carbonyl (C=O) groups is 2. The van der Waals surface area contributed by atoms with Gasteiger partial charge in [-0.05, 0) is 28.3 Å². The van der Waals surface area contributed by atoms with Crippen molar-refractivity contribution >= 4 is 28.8 Å². The quantitative estimate of drug-likeness (QED) is 0.809. The SMILES string of the molecule is CC(C)C1COC(=O)N1C(=O)/C=C/c1cccc2ccccc12. The highest BCUT2D eigenvalue weighted by atomic mass is 16.6. The molecule has 4 nitrogen and oxygen atoms in total. The van der Waals surface area contributed by atoms with E-state index in [9.17, 15) is 9.59 Å². The van der Waals surface area contributed by atoms with Crippen molar-refractivity contribution in [1.29, 1.82) is 0 Å². The van der Waals surface area contributed by atoms with Gasteiger partial charge in [-0.25, -0.2) is 9.69 Å². The second-order valence-corrected chi connectivity index (χ2v) is 6.00. The monoisotopic (exact) mass is 309 g/mol. The van der Waals surface area contributed by atoms with Crippen LogP contribution in [0, 0.1) is 5.92 Å². The molecule has 2 aromatic rings. The van der Waals surface area contributed by atoms with E-state index in [1.54, 1.807) is 6.08 Å². The van der Waals surface area contributed by atoms with E-state index < -0.39 is 6.09 Å². The van der Waals surface area contributed by atoms with Gasteiger partial charge in [-0.3, -0.25) is 4.79 Å². The molecule has 2 amide bonds. The maximum Gasteiger partial charge on any atom is 0.417 e. The maximum absolute atomic E-state index is 12.4. The third kappa shape index (κ3) is 2.97. The molecule has 1 unspecified atom stereocenters. The second-order valence-electron chi connectivity index (χ2n) is 6.00. The average Bonchev–Trinajstić information content (AvgIpc) is 2.94. The Kier molecular flexibility index (Phi) is 4.15. The molecule has 1 aliphatic rings. The van der Waals surface area contributed by atoms with Gasteiger partial charge in [0.1, 0.15) is 6.61 Å². The van der Waals surface area contributed by atoms with Gasteiger partial charge in [-0.1, -0.05) is 56.3 Å². The number of carbonyl (C=O) groups excluding carboxylic acids is 2. The number of imide groups is 1. The molecule has 23 heavy (non-hydrogen) atoms. The minimum Gasteiger partial charge on any atom is -0.447 e. The third-order valence-corrected chi connectivity index (χ3v) is 4.14. The van der Waals surface area contributed by atoms with Crippen LogP contribution in [0.15, 0.2) is 48.5 Å². The van der Waals surface area contributed by atoms with Crippen LogP contribution >= 0.6 is 0 Å². The van der Waals surface area contributed by atoms with E-state index >= 15 is 0 Å². The highest BCUT2D eigenvalue weighted by molar-refractivity contribution is 6.03. The summed E-state index contributed by atoms with van der Waals surface area (Å²) in [7, 11) is 0. The molecule has 0 bridgehead atoms. The molecular formula is C19H19NO3. The van der Waals surface area contributed by atoms with E-state index in [1.807, 2.05) is 56.3 Å². The van der Waals surface area contributed by atoms with Gasteiger partial charge in [-0.2, -0.15) is 0 Å². The summed E-state index contributed by atoms with van der Waals surface area (Å²) in [6, 6.07) is 13.7. The molecule has 4 heteroatoms. The Morgan fingerprint density at radius 2 is 1.96 bits per heavy atom. The molecule has 1 heterocycles. The summed E-state index contributed by atoms with van der Waals surface area (Å²) in [6.45, 7) is 4.22. The van der Waals surface area contributed by atoms with Gasteiger partial charge in [0.25, 0.3) is 5.91 Å². The van der Waals surface area contributed by atoms with E-state index in [0.717, 1.165) is 16.3 Å². The predicted molar refractivity (Wildman–Crippen MR) is 89.8 cm³/mol. The Hall–Kier alpha value is -2.62. The molecule has 1 atom stereocenters. The lowest BCUT2D eigenvalue weighted by atomic mass is 10.0. The van der Waals surface area contributed by atoms with E-state index in [-0.39, 0.29) is 24.5 Å². The van der Waals surface area contributed by atoms with E-state index in [2.05, 4.69) is 0 Å². The minimum atomic E-state index is -0.559. The molecular weight excluding hydrogens is 290 g/mol. The number of nitrogens with zero attached hydrogens (tertiary/aromatic N) is 1. The first-order chi connectivity index (χ1) is 11.1. The Balaban J connectivity index is 1.87. The van der Waals surface area contributed by atoms with Crippen LogP contribution in [0.3, 0.4) is 0 Å². The molecule has 0 radical (unpaired) electrons. The standard InChI is InChI=1S/C19H19NO3/c1-13(2)17-12-23-19(22)20(17)18(21)11-10-15-8-5-7-14-6-3-4-9-16(14)15/h3-11,13,17H,12H2,1-2H3/b11-10+. The topological polar surface area (TPSA) is 46.6 Å². The van der Waals surface area contributed by atoms with Crippen molar-refractivity contribution in [1.82, 2.24) is 4.90 Å². The van der Waals surface area contributed by atoms with Crippen LogP contribution in [-0.4, -0.2) is 29.5 Å². The lowest BCUT2D eigenvalue weighted by Gasteiger charge is -2.21. The molecule has 1 saturated heterocycles. The highest BCUT2D eigenvalue weighted by Gasteiger charge is 2.38. The average molecular weight is 309 g/mol. The maximum atomic E-state index is 12.4. The summed E-state index contributed by atoms with van der Waals surface area (Å²) in [5.74, 6) is -0.171. The van der Waals surface area contributed by atoms with Gasteiger partial charge in [0.2, 0.25) is 0 Å². The number of rotatable bonds is 3. The molecule has 2 aromatic carbocycles. The van der Waals surface area contributed by atoms with Crippen LogP contribution in [0.1, 0.15) is 19.4 Å². The molecule has 0 N–H and O–H groups in total. The zero-order valence-electron chi connectivity index (χ0n) is 13.2. The number of hydrogen-bond acceptors (Lipinski definition) is 3. The molecule has 0 aliphatic carbocycles. The fourth-order valence-electron chi connectivity index (χ4n) is 2.82. The number of hydrogen-bond donors (Lipinski definition) is 0. The first-order valence-electron chi connectivity index (χ1n) is 7.73. The molecule has 1 fully saturated rings. The lowest BCUT2D eigenvalue weighted by molar-refractivity contribution is -0.124. The number of fused-ring (bicyclic) bond motifs is 1. The first-order valence-corrected chi connectivity index (χ1v) is 7.73. The number of amides is 2. The van der Waals surface area contributed by atoms with Crippen LogP contribution in [-0.2, 0) is 9.53 Å². The molecule has 0 spiro atoms.